The predicted octanol–water partition coefficient (Wildman–Crippen LogP) is 2.62. The lowest BCUT2D eigenvalue weighted by Crippen LogP contribution is -2.14. The Balaban J connectivity index is 2.04. The fourth-order valence-electron chi connectivity index (χ4n) is 0.818. The highest BCUT2D eigenvalue weighted by molar-refractivity contribution is 9.09. The topological polar surface area (TPSA) is 12.0 Å². The van der Waals surface area contributed by atoms with E-state index in [0.29, 0.717) is 0 Å². The van der Waals surface area contributed by atoms with Crippen LogP contribution in [0.25, 0.3) is 0 Å². The largest absolute Gasteiger partial charge is 0.313 e. The van der Waals surface area contributed by atoms with E-state index in [2.05, 4.69) is 38.1 Å². The molecule has 3 heteroatoms. The van der Waals surface area contributed by atoms with Crippen molar-refractivity contribution in [2.45, 2.75) is 13.0 Å². The Kier molecular flexibility index (Phi) is 4.82. The molecule has 0 saturated heterocycles. The highest BCUT2D eigenvalue weighted by Crippen LogP contribution is 2.04. The van der Waals surface area contributed by atoms with Crippen molar-refractivity contribution in [1.29, 1.82) is 0 Å². The highest BCUT2D eigenvalue weighted by atomic mass is 79.9. The van der Waals surface area contributed by atoms with Crippen LogP contribution in [0.2, 0.25) is 0 Å². The van der Waals surface area contributed by atoms with Crippen LogP contribution in [-0.2, 0) is 6.54 Å². The summed E-state index contributed by atoms with van der Waals surface area (Å²) >= 11 is 5.14. The molecule has 0 aliphatic carbocycles. The van der Waals surface area contributed by atoms with Crippen molar-refractivity contribution in [2.24, 2.45) is 0 Å². The SMILES string of the molecule is BrCCCNCc1ccsc1. The number of nitrogens with one attached hydrogen (secondary N) is 1. The van der Waals surface area contributed by atoms with Crippen LogP contribution in [0.15, 0.2) is 16.8 Å². The zero-order valence-corrected chi connectivity index (χ0v) is 8.75. The van der Waals surface area contributed by atoms with Gasteiger partial charge in [0.05, 0.1) is 0 Å². The third-order valence-corrected chi connectivity index (χ3v) is 2.69. The van der Waals surface area contributed by atoms with Crippen LogP contribution >= 0.6 is 27.3 Å². The van der Waals surface area contributed by atoms with E-state index in [4.69, 9.17) is 0 Å². The predicted molar refractivity (Wildman–Crippen MR) is 54.4 cm³/mol. The molecule has 1 aromatic rings. The third kappa shape index (κ3) is 3.89. The number of hydrogen-bond donors (Lipinski definition) is 1. The molecule has 1 heterocycles. The van der Waals surface area contributed by atoms with Gasteiger partial charge in [-0.2, -0.15) is 11.3 Å². The molecule has 0 unspecified atom stereocenters. The van der Waals surface area contributed by atoms with E-state index in [9.17, 15) is 0 Å². The van der Waals surface area contributed by atoms with Crippen LogP contribution in [0.3, 0.4) is 0 Å². The van der Waals surface area contributed by atoms with E-state index in [1.165, 1.54) is 12.0 Å². The van der Waals surface area contributed by atoms with Gasteiger partial charge in [-0.05, 0) is 35.4 Å². The smallest absolute Gasteiger partial charge is 0.0213 e. The Hall–Kier alpha value is 0.140. The zero-order valence-electron chi connectivity index (χ0n) is 6.35. The average molecular weight is 234 g/mol. The minimum atomic E-state index is 1.01. The molecule has 0 aliphatic heterocycles. The first kappa shape index (κ1) is 9.23. The lowest BCUT2D eigenvalue weighted by molar-refractivity contribution is 0.681. The fourth-order valence-corrected chi connectivity index (χ4v) is 1.77. The Morgan fingerprint density at radius 2 is 2.45 bits per heavy atom. The second-order valence-electron chi connectivity index (χ2n) is 2.35. The molecule has 11 heavy (non-hydrogen) atoms. The van der Waals surface area contributed by atoms with Gasteiger partial charge in [0.1, 0.15) is 0 Å². The van der Waals surface area contributed by atoms with E-state index >= 15 is 0 Å². The first-order chi connectivity index (χ1) is 5.43. The zero-order chi connectivity index (χ0) is 7.94. The lowest BCUT2D eigenvalue weighted by Gasteiger charge is -1.99. The summed E-state index contributed by atoms with van der Waals surface area (Å²) in [6.45, 7) is 2.11. The minimum absolute atomic E-state index is 1.01. The summed E-state index contributed by atoms with van der Waals surface area (Å²) in [4.78, 5) is 0. The molecule has 0 saturated carbocycles. The first-order valence-corrected chi connectivity index (χ1v) is 5.77. The Labute approximate surface area is 79.9 Å². The number of alkyl halides is 1. The molecule has 1 aromatic heterocycles. The van der Waals surface area contributed by atoms with Gasteiger partial charge < -0.3 is 5.32 Å². The van der Waals surface area contributed by atoms with E-state index < -0.39 is 0 Å². The molecule has 0 aliphatic rings. The van der Waals surface area contributed by atoms with Crippen LogP contribution < -0.4 is 5.32 Å². The lowest BCUT2D eigenvalue weighted by atomic mass is 10.3. The van der Waals surface area contributed by atoms with Crippen molar-refractivity contribution >= 4 is 27.3 Å². The maximum Gasteiger partial charge on any atom is 0.0213 e. The summed E-state index contributed by atoms with van der Waals surface area (Å²) in [5.41, 5.74) is 1.39. The monoisotopic (exact) mass is 233 g/mol. The quantitative estimate of drug-likeness (QED) is 0.610. The highest BCUT2D eigenvalue weighted by Gasteiger charge is 1.90. The molecule has 0 radical (unpaired) electrons. The van der Waals surface area contributed by atoms with Gasteiger partial charge in [0, 0.05) is 11.9 Å². The molecule has 1 nitrogen and oxygen atoms in total. The maximum absolute atomic E-state index is 3.39. The molecule has 1 rings (SSSR count). The van der Waals surface area contributed by atoms with Gasteiger partial charge in [0.15, 0.2) is 0 Å². The second-order valence-corrected chi connectivity index (χ2v) is 3.92. The van der Waals surface area contributed by atoms with Crippen LogP contribution in [0.4, 0.5) is 0 Å². The van der Waals surface area contributed by atoms with Crippen molar-refractivity contribution in [3.63, 3.8) is 0 Å². The Bertz CT molecular complexity index is 174. The number of thiophene rings is 1. The molecule has 0 atom stereocenters. The molecule has 1 N–H and O–H groups in total. The summed E-state index contributed by atoms with van der Waals surface area (Å²) in [7, 11) is 0. The summed E-state index contributed by atoms with van der Waals surface area (Å²) in [5, 5.41) is 8.75. The van der Waals surface area contributed by atoms with Crippen LogP contribution in [0.5, 0.6) is 0 Å². The van der Waals surface area contributed by atoms with E-state index in [1.807, 2.05) is 0 Å². The van der Waals surface area contributed by atoms with Crippen LogP contribution in [-0.4, -0.2) is 11.9 Å². The molecule has 0 amide bonds. The summed E-state index contributed by atoms with van der Waals surface area (Å²) < 4.78 is 0. The van der Waals surface area contributed by atoms with E-state index in [0.717, 1.165) is 18.4 Å². The average Bonchev–Trinajstić information content (AvgIpc) is 2.50. The summed E-state index contributed by atoms with van der Waals surface area (Å²) in [6, 6.07) is 2.16. The Morgan fingerprint density at radius 3 is 3.09 bits per heavy atom. The minimum Gasteiger partial charge on any atom is -0.313 e. The van der Waals surface area contributed by atoms with Crippen molar-refractivity contribution in [2.75, 3.05) is 11.9 Å². The molecule has 62 valence electrons. The normalized spacial score (nSPS) is 10.3. The van der Waals surface area contributed by atoms with Gasteiger partial charge in [-0.15, -0.1) is 0 Å². The molecular formula is C8H12BrNS. The molecular weight excluding hydrogens is 222 g/mol. The summed E-state index contributed by atoms with van der Waals surface area (Å²) in [5.74, 6) is 0. The molecule has 0 aromatic carbocycles. The van der Waals surface area contributed by atoms with Crippen molar-refractivity contribution in [3.05, 3.63) is 22.4 Å². The van der Waals surface area contributed by atoms with Gasteiger partial charge >= 0.3 is 0 Å². The van der Waals surface area contributed by atoms with Crippen molar-refractivity contribution in [1.82, 2.24) is 5.32 Å². The van der Waals surface area contributed by atoms with Crippen molar-refractivity contribution in [3.8, 4) is 0 Å². The van der Waals surface area contributed by atoms with Gasteiger partial charge in [0.2, 0.25) is 0 Å². The standard InChI is InChI=1S/C8H12BrNS/c9-3-1-4-10-6-8-2-5-11-7-8/h2,5,7,10H,1,3-4,6H2. The Morgan fingerprint density at radius 1 is 1.55 bits per heavy atom. The molecule has 0 bridgehead atoms. The van der Waals surface area contributed by atoms with Gasteiger partial charge in [-0.1, -0.05) is 15.9 Å². The van der Waals surface area contributed by atoms with E-state index in [1.54, 1.807) is 11.3 Å². The van der Waals surface area contributed by atoms with E-state index in [-0.39, 0.29) is 0 Å². The molecule has 0 spiro atoms. The summed E-state index contributed by atoms with van der Waals surface area (Å²) in [6.07, 6.45) is 1.20. The van der Waals surface area contributed by atoms with Gasteiger partial charge in [-0.3, -0.25) is 0 Å². The van der Waals surface area contributed by atoms with Crippen LogP contribution in [0, 0.1) is 0 Å². The van der Waals surface area contributed by atoms with Crippen LogP contribution in [0.1, 0.15) is 12.0 Å². The van der Waals surface area contributed by atoms with Gasteiger partial charge in [0.25, 0.3) is 0 Å². The third-order valence-electron chi connectivity index (χ3n) is 1.40. The fraction of sp³-hybridized carbons (Fsp3) is 0.500. The van der Waals surface area contributed by atoms with Gasteiger partial charge in [-0.25, -0.2) is 0 Å². The number of rotatable bonds is 5. The second kappa shape index (κ2) is 5.75. The number of halogens is 1. The maximum atomic E-state index is 3.39. The number of hydrogen-bond acceptors (Lipinski definition) is 2. The van der Waals surface area contributed by atoms with Crippen molar-refractivity contribution < 1.29 is 0 Å². The molecule has 0 fully saturated rings. The first-order valence-electron chi connectivity index (χ1n) is 3.71.